The third kappa shape index (κ3) is 4.60. The van der Waals surface area contributed by atoms with Crippen LogP contribution in [-0.2, 0) is 21.2 Å². The van der Waals surface area contributed by atoms with Gasteiger partial charge in [-0.3, -0.25) is 4.79 Å². The van der Waals surface area contributed by atoms with E-state index in [4.69, 9.17) is 9.15 Å². The van der Waals surface area contributed by atoms with Crippen LogP contribution in [0.1, 0.15) is 12.2 Å². The van der Waals surface area contributed by atoms with E-state index in [0.717, 1.165) is 0 Å². The highest BCUT2D eigenvalue weighted by Crippen LogP contribution is 2.21. The SMILES string of the molecule is O=C(COc1ccc(F)cc1)N(Cc1ccco1)[C@@H]1CCS(=O)(=O)C1. The molecule has 8 heteroatoms. The molecule has 0 aliphatic carbocycles. The first-order valence-corrected chi connectivity index (χ1v) is 9.66. The molecule has 1 atom stereocenters. The van der Waals surface area contributed by atoms with Crippen molar-refractivity contribution in [3.05, 3.63) is 54.2 Å². The van der Waals surface area contributed by atoms with Gasteiger partial charge >= 0.3 is 0 Å². The number of hydrogen-bond acceptors (Lipinski definition) is 5. The fourth-order valence-corrected chi connectivity index (χ4v) is 4.50. The molecule has 2 heterocycles. The number of ether oxygens (including phenoxy) is 1. The van der Waals surface area contributed by atoms with E-state index in [2.05, 4.69) is 0 Å². The van der Waals surface area contributed by atoms with Crippen molar-refractivity contribution < 1.29 is 26.8 Å². The molecule has 0 radical (unpaired) electrons. The molecule has 1 aliphatic rings. The third-order valence-electron chi connectivity index (χ3n) is 4.05. The van der Waals surface area contributed by atoms with E-state index in [1.807, 2.05) is 0 Å². The Hall–Kier alpha value is -2.35. The molecule has 1 amide bonds. The molecule has 0 bridgehead atoms. The highest BCUT2D eigenvalue weighted by Gasteiger charge is 2.35. The normalized spacial score (nSPS) is 18.8. The van der Waals surface area contributed by atoms with E-state index >= 15 is 0 Å². The van der Waals surface area contributed by atoms with Crippen LogP contribution < -0.4 is 4.74 Å². The Morgan fingerprint density at radius 2 is 2.04 bits per heavy atom. The van der Waals surface area contributed by atoms with Crippen LogP contribution in [0.25, 0.3) is 0 Å². The smallest absolute Gasteiger partial charge is 0.261 e. The van der Waals surface area contributed by atoms with E-state index in [-0.39, 0.29) is 30.6 Å². The largest absolute Gasteiger partial charge is 0.484 e. The van der Waals surface area contributed by atoms with Crippen LogP contribution in [0.5, 0.6) is 5.75 Å². The summed E-state index contributed by atoms with van der Waals surface area (Å²) in [6, 6.07) is 8.37. The number of benzene rings is 1. The van der Waals surface area contributed by atoms with E-state index in [1.54, 1.807) is 12.1 Å². The summed E-state index contributed by atoms with van der Waals surface area (Å²) < 4.78 is 47.1. The van der Waals surface area contributed by atoms with Crippen molar-refractivity contribution in [2.45, 2.75) is 19.0 Å². The molecule has 1 aliphatic heterocycles. The Kier molecular flexibility index (Phi) is 5.08. The number of hydrogen-bond donors (Lipinski definition) is 0. The maximum absolute atomic E-state index is 12.9. The van der Waals surface area contributed by atoms with Crippen molar-refractivity contribution in [2.75, 3.05) is 18.1 Å². The van der Waals surface area contributed by atoms with Crippen molar-refractivity contribution in [1.29, 1.82) is 0 Å². The molecule has 0 unspecified atom stereocenters. The van der Waals surface area contributed by atoms with Gasteiger partial charge in [-0.05, 0) is 42.8 Å². The maximum atomic E-state index is 12.9. The zero-order valence-electron chi connectivity index (χ0n) is 13.4. The summed E-state index contributed by atoms with van der Waals surface area (Å²) in [7, 11) is -3.13. The lowest BCUT2D eigenvalue weighted by molar-refractivity contribution is -0.136. The summed E-state index contributed by atoms with van der Waals surface area (Å²) in [5.41, 5.74) is 0. The molecule has 25 heavy (non-hydrogen) atoms. The number of amides is 1. The van der Waals surface area contributed by atoms with Gasteiger partial charge in [-0.25, -0.2) is 12.8 Å². The molecule has 3 rings (SSSR count). The minimum absolute atomic E-state index is 0.0595. The second kappa shape index (κ2) is 7.26. The fraction of sp³-hybridized carbons (Fsp3) is 0.353. The number of carbonyl (C=O) groups is 1. The zero-order chi connectivity index (χ0) is 17.9. The van der Waals surface area contributed by atoms with Gasteiger partial charge in [-0.2, -0.15) is 0 Å². The predicted octanol–water partition coefficient (Wildman–Crippen LogP) is 2.01. The molecule has 1 fully saturated rings. The lowest BCUT2D eigenvalue weighted by atomic mass is 10.2. The van der Waals surface area contributed by atoms with Crippen molar-refractivity contribution in [3.63, 3.8) is 0 Å². The Morgan fingerprint density at radius 1 is 1.28 bits per heavy atom. The van der Waals surface area contributed by atoms with Gasteiger partial charge in [0, 0.05) is 6.04 Å². The highest BCUT2D eigenvalue weighted by molar-refractivity contribution is 7.91. The van der Waals surface area contributed by atoms with Crippen LogP contribution in [0.2, 0.25) is 0 Å². The monoisotopic (exact) mass is 367 g/mol. The lowest BCUT2D eigenvalue weighted by Crippen LogP contribution is -2.43. The van der Waals surface area contributed by atoms with Crippen LogP contribution in [0, 0.1) is 5.82 Å². The molecule has 1 saturated heterocycles. The first-order chi connectivity index (χ1) is 11.9. The van der Waals surface area contributed by atoms with Gasteiger partial charge in [-0.15, -0.1) is 0 Å². The van der Waals surface area contributed by atoms with Crippen LogP contribution in [0.4, 0.5) is 4.39 Å². The lowest BCUT2D eigenvalue weighted by Gasteiger charge is -2.27. The topological polar surface area (TPSA) is 76.8 Å². The first kappa shape index (κ1) is 17.5. The van der Waals surface area contributed by atoms with Crippen molar-refractivity contribution in [2.24, 2.45) is 0 Å². The summed E-state index contributed by atoms with van der Waals surface area (Å²) in [5, 5.41) is 0. The Bertz CT molecular complexity index is 817. The quantitative estimate of drug-likeness (QED) is 0.781. The molecule has 1 aromatic carbocycles. The third-order valence-corrected chi connectivity index (χ3v) is 5.80. The standard InChI is InChI=1S/C17H18FNO5S/c18-13-3-5-15(6-4-13)24-11-17(20)19(10-16-2-1-8-23-16)14-7-9-25(21,22)12-14/h1-6,8,14H,7,9-12H2/t14-/m1/s1. The highest BCUT2D eigenvalue weighted by atomic mass is 32.2. The van der Waals surface area contributed by atoms with Crippen LogP contribution in [0.15, 0.2) is 47.1 Å². The van der Waals surface area contributed by atoms with Gasteiger partial charge in [0.25, 0.3) is 5.91 Å². The summed E-state index contributed by atoms with van der Waals surface area (Å²) in [5.74, 6) is 0.206. The minimum Gasteiger partial charge on any atom is -0.484 e. The molecular weight excluding hydrogens is 349 g/mol. The Labute approximate surface area is 145 Å². The van der Waals surface area contributed by atoms with Crippen LogP contribution in [-0.4, -0.2) is 43.4 Å². The van der Waals surface area contributed by atoms with Crippen molar-refractivity contribution in [1.82, 2.24) is 4.90 Å². The maximum Gasteiger partial charge on any atom is 0.261 e. The van der Waals surface area contributed by atoms with Gasteiger partial charge in [0.2, 0.25) is 0 Å². The fourth-order valence-electron chi connectivity index (χ4n) is 2.77. The van der Waals surface area contributed by atoms with Gasteiger partial charge in [0.15, 0.2) is 16.4 Å². The van der Waals surface area contributed by atoms with Crippen molar-refractivity contribution >= 4 is 15.7 Å². The van der Waals surface area contributed by atoms with Gasteiger partial charge in [0.05, 0.1) is 24.3 Å². The summed E-state index contributed by atoms with van der Waals surface area (Å²) in [6.07, 6.45) is 1.89. The Morgan fingerprint density at radius 3 is 2.64 bits per heavy atom. The first-order valence-electron chi connectivity index (χ1n) is 7.83. The van der Waals surface area contributed by atoms with E-state index < -0.39 is 21.7 Å². The molecule has 0 N–H and O–H groups in total. The van der Waals surface area contributed by atoms with Gasteiger partial charge in [-0.1, -0.05) is 0 Å². The molecular formula is C17H18FNO5S. The van der Waals surface area contributed by atoms with Gasteiger partial charge in [0.1, 0.15) is 17.3 Å². The number of carbonyl (C=O) groups excluding carboxylic acids is 1. The zero-order valence-corrected chi connectivity index (χ0v) is 14.2. The number of rotatable bonds is 6. The molecule has 134 valence electrons. The number of sulfone groups is 1. The summed E-state index contributed by atoms with van der Waals surface area (Å²) in [6.45, 7) is -0.0817. The summed E-state index contributed by atoms with van der Waals surface area (Å²) in [4.78, 5) is 14.1. The average Bonchev–Trinajstić information content (AvgIpc) is 3.21. The molecule has 6 nitrogen and oxygen atoms in total. The molecule has 0 spiro atoms. The van der Waals surface area contributed by atoms with E-state index in [1.165, 1.54) is 35.4 Å². The minimum atomic E-state index is -3.13. The van der Waals surface area contributed by atoms with Crippen molar-refractivity contribution in [3.8, 4) is 5.75 Å². The molecule has 0 saturated carbocycles. The number of nitrogens with zero attached hydrogens (tertiary/aromatic N) is 1. The second-order valence-electron chi connectivity index (χ2n) is 5.90. The van der Waals surface area contributed by atoms with Crippen LogP contribution >= 0.6 is 0 Å². The Balaban J connectivity index is 1.69. The van der Waals surface area contributed by atoms with E-state index in [9.17, 15) is 17.6 Å². The summed E-state index contributed by atoms with van der Waals surface area (Å²) >= 11 is 0. The molecule has 2 aromatic rings. The molecule has 1 aromatic heterocycles. The predicted molar refractivity (Wildman–Crippen MR) is 88.2 cm³/mol. The van der Waals surface area contributed by atoms with Crippen LogP contribution in [0.3, 0.4) is 0 Å². The number of halogens is 1. The van der Waals surface area contributed by atoms with E-state index in [0.29, 0.717) is 17.9 Å². The van der Waals surface area contributed by atoms with Gasteiger partial charge < -0.3 is 14.1 Å². The second-order valence-corrected chi connectivity index (χ2v) is 8.13. The average molecular weight is 367 g/mol. The number of furan rings is 1.